The second-order valence-electron chi connectivity index (χ2n) is 7.51. The van der Waals surface area contributed by atoms with Crippen molar-refractivity contribution in [1.29, 1.82) is 0 Å². The van der Waals surface area contributed by atoms with E-state index >= 15 is 0 Å². The molecule has 0 bridgehead atoms. The van der Waals surface area contributed by atoms with Crippen molar-refractivity contribution in [1.82, 2.24) is 10.2 Å². The summed E-state index contributed by atoms with van der Waals surface area (Å²) in [5, 5.41) is 3.93. The number of nitrogens with one attached hydrogen (secondary N) is 1. The average Bonchev–Trinajstić information content (AvgIpc) is 3.37. The molecule has 2 unspecified atom stereocenters. The Labute approximate surface area is 130 Å². The van der Waals surface area contributed by atoms with Crippen LogP contribution >= 0.6 is 0 Å². The Morgan fingerprint density at radius 2 is 1.81 bits per heavy atom. The van der Waals surface area contributed by atoms with Gasteiger partial charge in [0.1, 0.15) is 0 Å². The molecule has 1 heterocycles. The van der Waals surface area contributed by atoms with Gasteiger partial charge in [-0.15, -0.1) is 0 Å². The molecule has 1 aliphatic heterocycles. The van der Waals surface area contributed by atoms with Crippen LogP contribution in [0.25, 0.3) is 0 Å². The van der Waals surface area contributed by atoms with Crippen LogP contribution < -0.4 is 5.32 Å². The Bertz CT molecular complexity index is 300. The molecule has 3 rings (SSSR count). The second-order valence-corrected chi connectivity index (χ2v) is 7.51. The van der Waals surface area contributed by atoms with Gasteiger partial charge in [0, 0.05) is 38.9 Å². The third-order valence-corrected chi connectivity index (χ3v) is 5.92. The first kappa shape index (κ1) is 15.8. The normalized spacial score (nSPS) is 32.4. The zero-order valence-corrected chi connectivity index (χ0v) is 13.9. The van der Waals surface area contributed by atoms with E-state index in [1.165, 1.54) is 77.4 Å². The molecule has 1 saturated heterocycles. The maximum atomic E-state index is 5.20. The van der Waals surface area contributed by atoms with Crippen LogP contribution in [0.1, 0.15) is 57.8 Å². The van der Waals surface area contributed by atoms with Gasteiger partial charge in [-0.2, -0.15) is 0 Å². The van der Waals surface area contributed by atoms with Crippen LogP contribution in [-0.2, 0) is 4.74 Å². The van der Waals surface area contributed by atoms with Crippen molar-refractivity contribution >= 4 is 0 Å². The van der Waals surface area contributed by atoms with Crippen molar-refractivity contribution < 1.29 is 4.74 Å². The SMILES string of the molecule is COCCCCN1CC(C2CCCCC2)NCC1C1CC1. The highest BCUT2D eigenvalue weighted by atomic mass is 16.5. The first-order valence-corrected chi connectivity index (χ1v) is 9.35. The lowest BCUT2D eigenvalue weighted by Crippen LogP contribution is -2.59. The molecule has 2 saturated carbocycles. The van der Waals surface area contributed by atoms with Gasteiger partial charge in [0.25, 0.3) is 0 Å². The van der Waals surface area contributed by atoms with Crippen LogP contribution in [0.5, 0.6) is 0 Å². The van der Waals surface area contributed by atoms with Crippen molar-refractivity contribution in [3.05, 3.63) is 0 Å². The Morgan fingerprint density at radius 3 is 2.52 bits per heavy atom. The molecular weight excluding hydrogens is 260 g/mol. The minimum absolute atomic E-state index is 0.766. The Hall–Kier alpha value is -0.120. The van der Waals surface area contributed by atoms with E-state index in [-0.39, 0.29) is 0 Å². The zero-order valence-electron chi connectivity index (χ0n) is 13.9. The fourth-order valence-electron chi connectivity index (χ4n) is 4.47. The highest BCUT2D eigenvalue weighted by Crippen LogP contribution is 2.37. The molecule has 3 fully saturated rings. The van der Waals surface area contributed by atoms with Gasteiger partial charge in [-0.05, 0) is 56.9 Å². The number of piperazine rings is 1. The largest absolute Gasteiger partial charge is 0.385 e. The number of rotatable bonds is 7. The van der Waals surface area contributed by atoms with Gasteiger partial charge in [-0.3, -0.25) is 4.90 Å². The molecule has 0 aromatic carbocycles. The van der Waals surface area contributed by atoms with Gasteiger partial charge in [0.2, 0.25) is 0 Å². The first-order valence-electron chi connectivity index (χ1n) is 9.35. The maximum Gasteiger partial charge on any atom is 0.0462 e. The van der Waals surface area contributed by atoms with Crippen molar-refractivity contribution in [2.75, 3.05) is 33.4 Å². The molecule has 21 heavy (non-hydrogen) atoms. The van der Waals surface area contributed by atoms with E-state index in [1.54, 1.807) is 0 Å². The molecule has 2 atom stereocenters. The first-order chi connectivity index (χ1) is 10.4. The summed E-state index contributed by atoms with van der Waals surface area (Å²) in [6, 6.07) is 1.59. The molecule has 3 nitrogen and oxygen atoms in total. The molecule has 0 spiro atoms. The summed E-state index contributed by atoms with van der Waals surface area (Å²) < 4.78 is 5.20. The molecule has 3 heteroatoms. The zero-order chi connectivity index (χ0) is 14.5. The summed E-state index contributed by atoms with van der Waals surface area (Å²) in [7, 11) is 1.82. The molecular formula is C18H34N2O. The lowest BCUT2D eigenvalue weighted by Gasteiger charge is -2.44. The van der Waals surface area contributed by atoms with Crippen LogP contribution in [0.2, 0.25) is 0 Å². The quantitative estimate of drug-likeness (QED) is 0.730. The van der Waals surface area contributed by atoms with Crippen molar-refractivity contribution in [3.63, 3.8) is 0 Å². The maximum absolute atomic E-state index is 5.20. The van der Waals surface area contributed by atoms with Gasteiger partial charge in [0.05, 0.1) is 0 Å². The van der Waals surface area contributed by atoms with Crippen molar-refractivity contribution in [2.24, 2.45) is 11.8 Å². The fourth-order valence-corrected chi connectivity index (χ4v) is 4.47. The molecule has 0 radical (unpaired) electrons. The molecule has 122 valence electrons. The van der Waals surface area contributed by atoms with E-state index in [1.807, 2.05) is 7.11 Å². The molecule has 0 amide bonds. The molecule has 0 aromatic heterocycles. The third kappa shape index (κ3) is 4.43. The van der Waals surface area contributed by atoms with Crippen LogP contribution in [0, 0.1) is 11.8 Å². The van der Waals surface area contributed by atoms with E-state index in [4.69, 9.17) is 4.74 Å². The Balaban J connectivity index is 1.50. The lowest BCUT2D eigenvalue weighted by atomic mass is 9.82. The summed E-state index contributed by atoms with van der Waals surface area (Å²) in [5.41, 5.74) is 0. The summed E-state index contributed by atoms with van der Waals surface area (Å²) >= 11 is 0. The summed E-state index contributed by atoms with van der Waals surface area (Å²) in [6.07, 6.45) is 12.8. The van der Waals surface area contributed by atoms with Gasteiger partial charge in [-0.1, -0.05) is 19.3 Å². The number of ether oxygens (including phenoxy) is 1. The number of methoxy groups -OCH3 is 1. The third-order valence-electron chi connectivity index (χ3n) is 5.92. The highest BCUT2D eigenvalue weighted by Gasteiger charge is 2.40. The Morgan fingerprint density at radius 1 is 1.00 bits per heavy atom. The number of hydrogen-bond acceptors (Lipinski definition) is 3. The molecule has 1 N–H and O–H groups in total. The van der Waals surface area contributed by atoms with Crippen LogP contribution in [0.3, 0.4) is 0 Å². The average molecular weight is 294 g/mol. The number of unbranched alkanes of at least 4 members (excludes halogenated alkanes) is 1. The monoisotopic (exact) mass is 294 g/mol. The number of hydrogen-bond donors (Lipinski definition) is 1. The minimum Gasteiger partial charge on any atom is -0.385 e. The van der Waals surface area contributed by atoms with Gasteiger partial charge in [-0.25, -0.2) is 0 Å². The minimum atomic E-state index is 0.766. The standard InChI is InChI=1S/C18H34N2O/c1-21-12-6-5-11-20-14-17(15-7-3-2-4-8-15)19-13-18(20)16-9-10-16/h15-19H,2-14H2,1H3. The molecule has 3 aliphatic rings. The Kier molecular flexibility index (Phi) is 5.96. The van der Waals surface area contributed by atoms with Crippen LogP contribution in [-0.4, -0.2) is 50.3 Å². The number of nitrogens with zero attached hydrogens (tertiary/aromatic N) is 1. The van der Waals surface area contributed by atoms with Crippen LogP contribution in [0.15, 0.2) is 0 Å². The highest BCUT2D eigenvalue weighted by molar-refractivity contribution is 4.96. The van der Waals surface area contributed by atoms with Crippen molar-refractivity contribution in [2.45, 2.75) is 69.9 Å². The van der Waals surface area contributed by atoms with E-state index in [2.05, 4.69) is 10.2 Å². The fraction of sp³-hybridized carbons (Fsp3) is 1.00. The van der Waals surface area contributed by atoms with E-state index in [9.17, 15) is 0 Å². The summed E-state index contributed by atoms with van der Waals surface area (Å²) in [6.45, 7) is 4.76. The predicted octanol–water partition coefficient (Wildman–Crippen LogP) is 3.05. The van der Waals surface area contributed by atoms with Crippen LogP contribution in [0.4, 0.5) is 0 Å². The van der Waals surface area contributed by atoms with Crippen molar-refractivity contribution in [3.8, 4) is 0 Å². The molecule has 0 aromatic rings. The van der Waals surface area contributed by atoms with Gasteiger partial charge in [0.15, 0.2) is 0 Å². The van der Waals surface area contributed by atoms with E-state index in [0.717, 1.165) is 30.5 Å². The molecule has 2 aliphatic carbocycles. The summed E-state index contributed by atoms with van der Waals surface area (Å²) in [5.74, 6) is 1.94. The smallest absolute Gasteiger partial charge is 0.0462 e. The lowest BCUT2D eigenvalue weighted by molar-refractivity contribution is 0.0803. The summed E-state index contributed by atoms with van der Waals surface area (Å²) in [4.78, 5) is 2.84. The second kappa shape index (κ2) is 7.94. The van der Waals surface area contributed by atoms with Gasteiger partial charge >= 0.3 is 0 Å². The van der Waals surface area contributed by atoms with E-state index < -0.39 is 0 Å². The van der Waals surface area contributed by atoms with E-state index in [0.29, 0.717) is 0 Å². The topological polar surface area (TPSA) is 24.5 Å². The predicted molar refractivity (Wildman–Crippen MR) is 87.6 cm³/mol. The van der Waals surface area contributed by atoms with Gasteiger partial charge < -0.3 is 10.1 Å².